The van der Waals surface area contributed by atoms with Gasteiger partial charge in [-0.2, -0.15) is 0 Å². The number of halogens is 1. The number of benzene rings is 2. The molecule has 2 aromatic carbocycles. The minimum atomic E-state index is -0.208. The Balaban J connectivity index is 1.69. The van der Waals surface area contributed by atoms with Crippen molar-refractivity contribution in [2.24, 2.45) is 0 Å². The number of carbonyl (C=O) groups is 1. The topological polar surface area (TPSA) is 60.5 Å². The molecule has 3 rings (SSSR count). The lowest BCUT2D eigenvalue weighted by atomic mass is 10.1. The number of aryl methyl sites for hydroxylation is 1. The smallest absolute Gasteiger partial charge is 0.257 e. The molecule has 30 heavy (non-hydrogen) atoms. The summed E-state index contributed by atoms with van der Waals surface area (Å²) >= 11 is 2.25. The van der Waals surface area contributed by atoms with E-state index in [9.17, 15) is 4.79 Å². The molecule has 1 N–H and O–H groups in total. The molecule has 156 valence electrons. The van der Waals surface area contributed by atoms with Gasteiger partial charge in [0.25, 0.3) is 5.91 Å². The second-order valence-corrected chi connectivity index (χ2v) is 8.17. The Bertz CT molecular complexity index is 1010. The summed E-state index contributed by atoms with van der Waals surface area (Å²) in [4.78, 5) is 17.3. The monoisotopic (exact) mass is 516 g/mol. The summed E-state index contributed by atoms with van der Waals surface area (Å²) < 4.78 is 12.7. The number of ether oxygens (including phenoxy) is 2. The number of hydrogen-bond donors (Lipinski definition) is 1. The third-order valence-electron chi connectivity index (χ3n) is 4.48. The zero-order valence-electron chi connectivity index (χ0n) is 17.3. The van der Waals surface area contributed by atoms with Crippen molar-refractivity contribution in [1.82, 2.24) is 4.98 Å². The van der Waals surface area contributed by atoms with Crippen LogP contribution in [0.1, 0.15) is 48.1 Å². The van der Waals surface area contributed by atoms with Gasteiger partial charge in [-0.05, 0) is 91.4 Å². The number of nitrogens with one attached hydrogen (secondary N) is 1. The molecule has 6 heteroatoms. The fourth-order valence-electron chi connectivity index (χ4n) is 2.90. The average Bonchev–Trinajstić information content (AvgIpc) is 2.73. The zero-order chi connectivity index (χ0) is 21.5. The van der Waals surface area contributed by atoms with E-state index in [0.717, 1.165) is 21.4 Å². The van der Waals surface area contributed by atoms with Crippen LogP contribution in [0.2, 0.25) is 0 Å². The van der Waals surface area contributed by atoms with Crippen molar-refractivity contribution >= 4 is 34.2 Å². The van der Waals surface area contributed by atoms with Crippen LogP contribution in [0.5, 0.6) is 11.5 Å². The van der Waals surface area contributed by atoms with Crippen LogP contribution in [0.15, 0.2) is 60.7 Å². The fraction of sp³-hybridized carbons (Fsp3) is 0.250. The van der Waals surface area contributed by atoms with Gasteiger partial charge in [0.15, 0.2) is 0 Å². The third kappa shape index (κ3) is 6.03. The highest BCUT2D eigenvalue weighted by Gasteiger charge is 2.14. The minimum absolute atomic E-state index is 0.101. The number of pyridine rings is 1. The summed E-state index contributed by atoms with van der Waals surface area (Å²) in [6.07, 6.45) is 0.853. The van der Waals surface area contributed by atoms with Crippen molar-refractivity contribution in [1.29, 1.82) is 0 Å². The van der Waals surface area contributed by atoms with E-state index in [1.165, 1.54) is 0 Å². The minimum Gasteiger partial charge on any atom is -0.457 e. The summed E-state index contributed by atoms with van der Waals surface area (Å²) in [5, 5.41) is 2.93. The molecule has 0 aliphatic heterocycles. The lowest BCUT2D eigenvalue weighted by Crippen LogP contribution is -2.15. The molecule has 1 unspecified atom stereocenters. The fourth-order valence-corrected chi connectivity index (χ4v) is 3.26. The van der Waals surface area contributed by atoms with E-state index in [1.807, 2.05) is 62.4 Å². The number of carbonyl (C=O) groups excluding carboxylic acids is 1. The molecule has 0 aliphatic rings. The first-order valence-electron chi connectivity index (χ1n) is 9.90. The number of hydrogen-bond acceptors (Lipinski definition) is 4. The molecule has 0 spiro atoms. The molecule has 0 saturated carbocycles. The number of anilines is 1. The molecule has 1 amide bonds. The molecule has 1 aromatic heterocycles. The second kappa shape index (κ2) is 10.5. The number of amides is 1. The van der Waals surface area contributed by atoms with E-state index >= 15 is 0 Å². The largest absolute Gasteiger partial charge is 0.457 e. The molecule has 0 bridgehead atoms. The molecule has 0 aliphatic carbocycles. The van der Waals surface area contributed by atoms with Gasteiger partial charge in [0, 0.05) is 21.9 Å². The number of rotatable bonds is 8. The first-order chi connectivity index (χ1) is 14.5. The Morgan fingerprint density at radius 3 is 2.57 bits per heavy atom. The Morgan fingerprint density at radius 1 is 1.10 bits per heavy atom. The molecule has 1 heterocycles. The van der Waals surface area contributed by atoms with Gasteiger partial charge in [0.05, 0.1) is 23.1 Å². The van der Waals surface area contributed by atoms with Gasteiger partial charge in [-0.1, -0.05) is 13.0 Å². The first-order valence-corrected chi connectivity index (χ1v) is 11.0. The van der Waals surface area contributed by atoms with E-state index in [-0.39, 0.29) is 12.0 Å². The van der Waals surface area contributed by atoms with E-state index in [1.54, 1.807) is 12.1 Å². The van der Waals surface area contributed by atoms with Crippen molar-refractivity contribution < 1.29 is 14.3 Å². The molecule has 0 saturated heterocycles. The van der Waals surface area contributed by atoms with Crippen LogP contribution in [-0.2, 0) is 4.74 Å². The lowest BCUT2D eigenvalue weighted by molar-refractivity contribution is 0.0632. The van der Waals surface area contributed by atoms with E-state index < -0.39 is 0 Å². The van der Waals surface area contributed by atoms with Crippen LogP contribution in [0.25, 0.3) is 0 Å². The van der Waals surface area contributed by atoms with Gasteiger partial charge in [0.1, 0.15) is 11.5 Å². The maximum Gasteiger partial charge on any atom is 0.257 e. The van der Waals surface area contributed by atoms with E-state index in [0.29, 0.717) is 29.3 Å². The Hall–Kier alpha value is -2.45. The average molecular weight is 516 g/mol. The molecule has 3 aromatic rings. The Labute approximate surface area is 191 Å². The molecule has 0 fully saturated rings. The summed E-state index contributed by atoms with van der Waals surface area (Å²) in [6.45, 7) is 6.56. The highest BCUT2D eigenvalue weighted by molar-refractivity contribution is 14.1. The third-order valence-corrected chi connectivity index (χ3v) is 5.20. The molecular weight excluding hydrogens is 491 g/mol. The SMILES string of the molecule is CCCOC(C)c1ccc(C(=O)Nc2cccc(Oc3ccc(I)cc3)c2)c(C)n1. The van der Waals surface area contributed by atoms with Crippen LogP contribution in [-0.4, -0.2) is 17.5 Å². The van der Waals surface area contributed by atoms with Crippen LogP contribution in [0.3, 0.4) is 0 Å². The predicted molar refractivity (Wildman–Crippen MR) is 127 cm³/mol. The lowest BCUT2D eigenvalue weighted by Gasteiger charge is -2.14. The van der Waals surface area contributed by atoms with Crippen molar-refractivity contribution in [3.8, 4) is 11.5 Å². The van der Waals surface area contributed by atoms with Gasteiger partial charge in [0.2, 0.25) is 0 Å². The summed E-state index contributed by atoms with van der Waals surface area (Å²) in [7, 11) is 0. The Morgan fingerprint density at radius 2 is 1.87 bits per heavy atom. The number of nitrogens with zero attached hydrogens (tertiary/aromatic N) is 1. The van der Waals surface area contributed by atoms with Crippen molar-refractivity contribution in [3.05, 3.63) is 81.2 Å². The first kappa shape index (κ1) is 22.2. The van der Waals surface area contributed by atoms with Gasteiger partial charge in [-0.15, -0.1) is 0 Å². The predicted octanol–water partition coefficient (Wildman–Crippen LogP) is 6.53. The van der Waals surface area contributed by atoms with Crippen LogP contribution in [0, 0.1) is 10.5 Å². The quantitative estimate of drug-likeness (QED) is 0.346. The zero-order valence-corrected chi connectivity index (χ0v) is 19.5. The molecule has 1 atom stereocenters. The van der Waals surface area contributed by atoms with Crippen LogP contribution in [0.4, 0.5) is 5.69 Å². The van der Waals surface area contributed by atoms with Crippen molar-refractivity contribution in [3.63, 3.8) is 0 Å². The summed E-state index contributed by atoms with van der Waals surface area (Å²) in [5.74, 6) is 1.19. The summed E-state index contributed by atoms with van der Waals surface area (Å²) in [5.41, 5.74) is 2.69. The van der Waals surface area contributed by atoms with Crippen LogP contribution >= 0.6 is 22.6 Å². The van der Waals surface area contributed by atoms with Gasteiger partial charge in [-0.25, -0.2) is 0 Å². The highest BCUT2D eigenvalue weighted by atomic mass is 127. The maximum atomic E-state index is 12.8. The van der Waals surface area contributed by atoms with Gasteiger partial charge in [-0.3, -0.25) is 9.78 Å². The molecular formula is C24H25IN2O3. The standard InChI is InChI=1S/C24H25IN2O3/c1-4-14-29-17(3)23-13-12-22(16(2)26-23)24(28)27-19-6-5-7-21(15-19)30-20-10-8-18(25)9-11-20/h5-13,15,17H,4,14H2,1-3H3,(H,27,28). The Kier molecular flexibility index (Phi) is 7.81. The van der Waals surface area contributed by atoms with E-state index in [2.05, 4.69) is 39.8 Å². The van der Waals surface area contributed by atoms with Crippen molar-refractivity contribution in [2.45, 2.75) is 33.3 Å². The highest BCUT2D eigenvalue weighted by Crippen LogP contribution is 2.25. The number of aromatic nitrogens is 1. The molecule has 0 radical (unpaired) electrons. The normalized spacial score (nSPS) is 11.7. The van der Waals surface area contributed by atoms with E-state index in [4.69, 9.17) is 9.47 Å². The second-order valence-electron chi connectivity index (χ2n) is 6.92. The summed E-state index contributed by atoms with van der Waals surface area (Å²) in [6, 6.07) is 18.8. The molecule has 5 nitrogen and oxygen atoms in total. The van der Waals surface area contributed by atoms with Gasteiger partial charge >= 0.3 is 0 Å². The van der Waals surface area contributed by atoms with Gasteiger partial charge < -0.3 is 14.8 Å². The van der Waals surface area contributed by atoms with Crippen molar-refractivity contribution in [2.75, 3.05) is 11.9 Å². The maximum absolute atomic E-state index is 12.8. The van der Waals surface area contributed by atoms with Crippen LogP contribution < -0.4 is 10.1 Å².